The monoisotopic (exact) mass is 310 g/mol. The minimum atomic E-state index is -0.492. The second kappa shape index (κ2) is 6.09. The van der Waals surface area contributed by atoms with Gasteiger partial charge >= 0.3 is 6.09 Å². The first-order valence-electron chi connectivity index (χ1n) is 8.38. The average molecular weight is 310 g/mol. The fourth-order valence-corrected chi connectivity index (χ4v) is 3.15. The summed E-state index contributed by atoms with van der Waals surface area (Å²) in [7, 11) is 0. The van der Waals surface area contributed by atoms with Gasteiger partial charge in [0.2, 0.25) is 5.91 Å². The summed E-state index contributed by atoms with van der Waals surface area (Å²) >= 11 is 0. The van der Waals surface area contributed by atoms with Gasteiger partial charge in [0.25, 0.3) is 0 Å². The van der Waals surface area contributed by atoms with Crippen molar-refractivity contribution in [3.8, 4) is 0 Å². The Morgan fingerprint density at radius 1 is 1.00 bits per heavy atom. The molecule has 2 amide bonds. The summed E-state index contributed by atoms with van der Waals surface area (Å²) in [5.41, 5.74) is -0.596. The predicted octanol–water partition coefficient (Wildman–Crippen LogP) is 2.98. The highest BCUT2D eigenvalue weighted by atomic mass is 16.6. The smallest absolute Gasteiger partial charge is 0.407 e. The molecule has 0 unspecified atom stereocenters. The van der Waals surface area contributed by atoms with Gasteiger partial charge in [-0.1, -0.05) is 0 Å². The molecule has 0 aromatic rings. The summed E-state index contributed by atoms with van der Waals surface area (Å²) in [4.78, 5) is 24.2. The van der Waals surface area contributed by atoms with Gasteiger partial charge in [0, 0.05) is 17.5 Å². The number of amides is 2. The molecule has 0 radical (unpaired) electrons. The molecule has 2 aliphatic carbocycles. The number of nitrogens with one attached hydrogen (secondary N) is 2. The lowest BCUT2D eigenvalue weighted by Crippen LogP contribution is -2.47. The van der Waals surface area contributed by atoms with Crippen LogP contribution < -0.4 is 10.6 Å². The Morgan fingerprint density at radius 2 is 1.64 bits per heavy atom. The molecule has 0 aromatic heterocycles. The van der Waals surface area contributed by atoms with Crippen LogP contribution in [0, 0.1) is 11.8 Å². The van der Waals surface area contributed by atoms with Gasteiger partial charge in [-0.2, -0.15) is 0 Å². The van der Waals surface area contributed by atoms with Gasteiger partial charge < -0.3 is 15.4 Å². The molecule has 2 fully saturated rings. The highest BCUT2D eigenvalue weighted by Gasteiger charge is 2.41. The van der Waals surface area contributed by atoms with Crippen LogP contribution in [0.25, 0.3) is 0 Å². The number of hydrogen-bond donors (Lipinski definition) is 2. The van der Waals surface area contributed by atoms with E-state index >= 15 is 0 Å². The van der Waals surface area contributed by atoms with Crippen LogP contribution in [-0.2, 0) is 9.53 Å². The van der Waals surface area contributed by atoms with Crippen molar-refractivity contribution in [3.63, 3.8) is 0 Å². The third-order valence-corrected chi connectivity index (χ3v) is 4.57. The van der Waals surface area contributed by atoms with Crippen LogP contribution in [0.4, 0.5) is 4.79 Å². The Balaban J connectivity index is 1.77. The van der Waals surface area contributed by atoms with Crippen LogP contribution in [0.5, 0.6) is 0 Å². The van der Waals surface area contributed by atoms with E-state index in [1.807, 2.05) is 20.8 Å². The molecule has 0 heterocycles. The molecule has 2 N–H and O–H groups in total. The Kier molecular flexibility index (Phi) is 4.73. The number of ether oxygens (including phenoxy) is 1. The van der Waals surface area contributed by atoms with Crippen molar-refractivity contribution in [1.82, 2.24) is 10.6 Å². The van der Waals surface area contributed by atoms with Crippen molar-refractivity contribution < 1.29 is 14.3 Å². The normalized spacial score (nSPS) is 25.7. The lowest BCUT2D eigenvalue weighted by Gasteiger charge is -2.28. The zero-order valence-corrected chi connectivity index (χ0v) is 14.5. The van der Waals surface area contributed by atoms with Gasteiger partial charge in [0.1, 0.15) is 5.60 Å². The summed E-state index contributed by atoms with van der Waals surface area (Å²) in [6.45, 7) is 9.74. The van der Waals surface area contributed by atoms with Gasteiger partial charge in [0.05, 0.1) is 0 Å². The molecule has 2 atom stereocenters. The second-order valence-electron chi connectivity index (χ2n) is 8.34. The Morgan fingerprint density at radius 3 is 2.18 bits per heavy atom. The van der Waals surface area contributed by atoms with Gasteiger partial charge in [-0.15, -0.1) is 0 Å². The first-order valence-corrected chi connectivity index (χ1v) is 8.38. The standard InChI is InChI=1S/C17H30N2O3/c1-16(2,3)22-15(21)18-13-9-6-11(10-13)14(20)19-17(4,5)12-7-8-12/h11-13H,6-10H2,1-5H3,(H,18,21)(H,19,20)/t11-,13-/m0/s1. The van der Waals surface area contributed by atoms with E-state index in [-0.39, 0.29) is 23.4 Å². The Hall–Kier alpha value is -1.26. The molecular weight excluding hydrogens is 280 g/mol. The molecule has 2 saturated carbocycles. The summed E-state index contributed by atoms with van der Waals surface area (Å²) in [5, 5.41) is 6.07. The average Bonchev–Trinajstić information content (AvgIpc) is 3.08. The van der Waals surface area contributed by atoms with Gasteiger partial charge in [-0.3, -0.25) is 4.79 Å². The Labute approximate surface area is 133 Å². The minimum absolute atomic E-state index is 0.00189. The van der Waals surface area contributed by atoms with E-state index in [0.29, 0.717) is 12.3 Å². The zero-order chi connectivity index (χ0) is 16.5. The largest absolute Gasteiger partial charge is 0.444 e. The molecule has 0 aliphatic heterocycles. The molecule has 22 heavy (non-hydrogen) atoms. The third-order valence-electron chi connectivity index (χ3n) is 4.57. The summed E-state index contributed by atoms with van der Waals surface area (Å²) in [6, 6.07) is 0.0367. The third kappa shape index (κ3) is 4.89. The SMILES string of the molecule is CC(C)(C)OC(=O)N[C@H]1CC[C@H](C(=O)NC(C)(C)C2CC2)C1. The van der Waals surface area contributed by atoms with Crippen LogP contribution in [-0.4, -0.2) is 29.2 Å². The minimum Gasteiger partial charge on any atom is -0.444 e. The fraction of sp³-hybridized carbons (Fsp3) is 0.882. The lowest BCUT2D eigenvalue weighted by atomic mass is 9.96. The number of hydrogen-bond acceptors (Lipinski definition) is 3. The summed E-state index contributed by atoms with van der Waals surface area (Å²) in [5.74, 6) is 0.747. The molecule has 126 valence electrons. The number of rotatable bonds is 4. The van der Waals surface area contributed by atoms with Crippen LogP contribution >= 0.6 is 0 Å². The maximum absolute atomic E-state index is 12.4. The zero-order valence-electron chi connectivity index (χ0n) is 14.5. The second-order valence-corrected chi connectivity index (χ2v) is 8.34. The molecule has 2 rings (SSSR count). The van der Waals surface area contributed by atoms with Crippen molar-refractivity contribution in [2.75, 3.05) is 0 Å². The van der Waals surface area contributed by atoms with Crippen molar-refractivity contribution in [2.24, 2.45) is 11.8 Å². The highest BCUT2D eigenvalue weighted by molar-refractivity contribution is 5.80. The molecular formula is C17H30N2O3. The first kappa shape index (κ1) is 17.1. The van der Waals surface area contributed by atoms with Crippen LogP contribution in [0.3, 0.4) is 0 Å². The maximum Gasteiger partial charge on any atom is 0.407 e. The van der Waals surface area contributed by atoms with Crippen LogP contribution in [0.2, 0.25) is 0 Å². The summed E-state index contributed by atoms with van der Waals surface area (Å²) < 4.78 is 5.27. The molecule has 0 aromatic carbocycles. The maximum atomic E-state index is 12.4. The van der Waals surface area contributed by atoms with Crippen molar-refractivity contribution in [2.45, 2.75) is 83.9 Å². The number of carbonyl (C=O) groups is 2. The van der Waals surface area contributed by atoms with E-state index in [2.05, 4.69) is 24.5 Å². The first-order chi connectivity index (χ1) is 10.1. The molecule has 5 heteroatoms. The lowest BCUT2D eigenvalue weighted by molar-refractivity contribution is -0.126. The fourth-order valence-electron chi connectivity index (χ4n) is 3.15. The predicted molar refractivity (Wildman–Crippen MR) is 85.4 cm³/mol. The highest BCUT2D eigenvalue weighted by Crippen LogP contribution is 2.39. The van der Waals surface area contributed by atoms with Gasteiger partial charge in [-0.25, -0.2) is 4.79 Å². The number of carbonyl (C=O) groups excluding carboxylic acids is 2. The van der Waals surface area contributed by atoms with Gasteiger partial charge in [0.15, 0.2) is 0 Å². The quantitative estimate of drug-likeness (QED) is 0.839. The number of alkyl carbamates (subject to hydrolysis) is 1. The van der Waals surface area contributed by atoms with E-state index < -0.39 is 11.7 Å². The van der Waals surface area contributed by atoms with Crippen molar-refractivity contribution in [1.29, 1.82) is 0 Å². The van der Waals surface area contributed by atoms with E-state index in [9.17, 15) is 9.59 Å². The van der Waals surface area contributed by atoms with E-state index in [1.54, 1.807) is 0 Å². The van der Waals surface area contributed by atoms with E-state index in [4.69, 9.17) is 4.74 Å². The van der Waals surface area contributed by atoms with E-state index in [0.717, 1.165) is 12.8 Å². The molecule has 0 saturated heterocycles. The van der Waals surface area contributed by atoms with Gasteiger partial charge in [-0.05, 0) is 72.6 Å². The molecule has 0 spiro atoms. The van der Waals surface area contributed by atoms with Crippen molar-refractivity contribution in [3.05, 3.63) is 0 Å². The Bertz CT molecular complexity index is 436. The molecule has 5 nitrogen and oxygen atoms in total. The van der Waals surface area contributed by atoms with Crippen LogP contribution in [0.15, 0.2) is 0 Å². The molecule has 0 bridgehead atoms. The summed E-state index contributed by atoms with van der Waals surface area (Å²) in [6.07, 6.45) is 4.39. The topological polar surface area (TPSA) is 67.4 Å². The molecule has 2 aliphatic rings. The van der Waals surface area contributed by atoms with Crippen LogP contribution in [0.1, 0.15) is 66.7 Å². The van der Waals surface area contributed by atoms with Crippen molar-refractivity contribution >= 4 is 12.0 Å². The van der Waals surface area contributed by atoms with E-state index in [1.165, 1.54) is 12.8 Å².